The lowest BCUT2D eigenvalue weighted by molar-refractivity contribution is 0.0785. The summed E-state index contributed by atoms with van der Waals surface area (Å²) < 4.78 is 5.16. The summed E-state index contributed by atoms with van der Waals surface area (Å²) >= 11 is 0. The van der Waals surface area contributed by atoms with Gasteiger partial charge in [0.25, 0.3) is 5.91 Å². The number of hydrogen-bond acceptors (Lipinski definition) is 3. The number of nitrogens with one attached hydrogen (secondary N) is 1. The number of rotatable bonds is 3. The zero-order valence-electron chi connectivity index (χ0n) is 10.2. The molecule has 1 aromatic heterocycles. The number of hydrogen-bond donors (Lipinski definition) is 1. The van der Waals surface area contributed by atoms with Crippen molar-refractivity contribution in [3.8, 4) is 0 Å². The Bertz CT molecular complexity index is 378. The van der Waals surface area contributed by atoms with Crippen LogP contribution in [-0.2, 0) is 0 Å². The van der Waals surface area contributed by atoms with Gasteiger partial charge in [0.1, 0.15) is 5.76 Å². The highest BCUT2D eigenvalue weighted by atomic mass is 35.5. The fraction of sp³-hybridized carbons (Fsp3) is 0.583. The Kier molecular flexibility index (Phi) is 5.02. The Balaban J connectivity index is 0.00000144. The first-order chi connectivity index (χ1) is 7.72. The minimum absolute atomic E-state index is 0. The van der Waals surface area contributed by atoms with Crippen LogP contribution >= 0.6 is 12.4 Å². The van der Waals surface area contributed by atoms with E-state index in [1.807, 2.05) is 18.9 Å². The summed E-state index contributed by atoms with van der Waals surface area (Å²) in [5.74, 6) is 1.40. The van der Waals surface area contributed by atoms with Crippen molar-refractivity contribution in [1.29, 1.82) is 0 Å². The first-order valence-corrected chi connectivity index (χ1v) is 5.70. The number of carbonyl (C=O) groups is 1. The van der Waals surface area contributed by atoms with Crippen LogP contribution in [0.25, 0.3) is 0 Å². The molecule has 0 saturated carbocycles. The predicted molar refractivity (Wildman–Crippen MR) is 68.6 cm³/mol. The molecule has 1 fully saturated rings. The third-order valence-corrected chi connectivity index (χ3v) is 3.16. The van der Waals surface area contributed by atoms with Gasteiger partial charge < -0.3 is 14.6 Å². The van der Waals surface area contributed by atoms with Gasteiger partial charge in [-0.05, 0) is 38.9 Å². The fourth-order valence-electron chi connectivity index (χ4n) is 2.25. The van der Waals surface area contributed by atoms with Gasteiger partial charge in [0.05, 0.1) is 11.8 Å². The molecule has 0 aliphatic carbocycles. The SMILES string of the molecule is CNCC1CCN(C(=O)c2ccoc2C)C1.Cl. The molecule has 1 unspecified atom stereocenters. The fourth-order valence-corrected chi connectivity index (χ4v) is 2.25. The molecule has 1 saturated heterocycles. The van der Waals surface area contributed by atoms with Gasteiger partial charge in [-0.3, -0.25) is 4.79 Å². The van der Waals surface area contributed by atoms with Crippen LogP contribution in [0.5, 0.6) is 0 Å². The number of nitrogens with zero attached hydrogens (tertiary/aromatic N) is 1. The van der Waals surface area contributed by atoms with E-state index in [-0.39, 0.29) is 18.3 Å². The van der Waals surface area contributed by atoms with Crippen LogP contribution in [0.1, 0.15) is 22.5 Å². The van der Waals surface area contributed by atoms with Gasteiger partial charge in [0.15, 0.2) is 0 Å². The summed E-state index contributed by atoms with van der Waals surface area (Å²) in [4.78, 5) is 14.0. The van der Waals surface area contributed by atoms with Gasteiger partial charge in [-0.2, -0.15) is 0 Å². The van der Waals surface area contributed by atoms with Crippen molar-refractivity contribution in [2.75, 3.05) is 26.7 Å². The number of amides is 1. The topological polar surface area (TPSA) is 45.5 Å². The molecule has 17 heavy (non-hydrogen) atoms. The smallest absolute Gasteiger partial charge is 0.257 e. The van der Waals surface area contributed by atoms with E-state index in [0.29, 0.717) is 17.2 Å². The molecular weight excluding hydrogens is 240 g/mol. The zero-order valence-corrected chi connectivity index (χ0v) is 11.0. The first-order valence-electron chi connectivity index (χ1n) is 5.70. The summed E-state index contributed by atoms with van der Waals surface area (Å²) in [6.45, 7) is 4.52. The summed E-state index contributed by atoms with van der Waals surface area (Å²) in [5, 5.41) is 3.16. The summed E-state index contributed by atoms with van der Waals surface area (Å²) in [6, 6.07) is 1.75. The van der Waals surface area contributed by atoms with Crippen LogP contribution < -0.4 is 5.32 Å². The van der Waals surface area contributed by atoms with E-state index in [0.717, 1.165) is 26.1 Å². The van der Waals surface area contributed by atoms with Crippen molar-refractivity contribution in [3.63, 3.8) is 0 Å². The third-order valence-electron chi connectivity index (χ3n) is 3.16. The van der Waals surface area contributed by atoms with E-state index in [1.54, 1.807) is 12.3 Å². The minimum Gasteiger partial charge on any atom is -0.469 e. The van der Waals surface area contributed by atoms with Gasteiger partial charge in [-0.25, -0.2) is 0 Å². The van der Waals surface area contributed by atoms with Crippen molar-refractivity contribution < 1.29 is 9.21 Å². The lowest BCUT2D eigenvalue weighted by atomic mass is 10.1. The second kappa shape index (κ2) is 6.07. The molecule has 2 heterocycles. The molecule has 0 bridgehead atoms. The van der Waals surface area contributed by atoms with Gasteiger partial charge in [-0.1, -0.05) is 0 Å². The van der Waals surface area contributed by atoms with Crippen molar-refractivity contribution >= 4 is 18.3 Å². The molecule has 1 atom stereocenters. The maximum atomic E-state index is 12.1. The summed E-state index contributed by atoms with van der Waals surface area (Å²) in [6.07, 6.45) is 2.66. The van der Waals surface area contributed by atoms with Gasteiger partial charge >= 0.3 is 0 Å². The van der Waals surface area contributed by atoms with Crippen LogP contribution in [0.3, 0.4) is 0 Å². The lowest BCUT2D eigenvalue weighted by Gasteiger charge is -2.15. The maximum absolute atomic E-state index is 12.1. The highest BCUT2D eigenvalue weighted by Crippen LogP contribution is 2.20. The lowest BCUT2D eigenvalue weighted by Crippen LogP contribution is -2.30. The number of furan rings is 1. The molecule has 1 aliphatic heterocycles. The monoisotopic (exact) mass is 258 g/mol. The Morgan fingerprint density at radius 3 is 3.00 bits per heavy atom. The molecule has 0 spiro atoms. The normalized spacial score (nSPS) is 19.2. The van der Waals surface area contributed by atoms with Crippen molar-refractivity contribution in [2.45, 2.75) is 13.3 Å². The van der Waals surface area contributed by atoms with Crippen LogP contribution in [0.2, 0.25) is 0 Å². The molecule has 5 heteroatoms. The quantitative estimate of drug-likeness (QED) is 0.898. The minimum atomic E-state index is 0. The van der Waals surface area contributed by atoms with E-state index in [2.05, 4.69) is 5.32 Å². The number of carbonyl (C=O) groups excluding carboxylic acids is 1. The van der Waals surface area contributed by atoms with Crippen molar-refractivity contribution in [1.82, 2.24) is 10.2 Å². The average molecular weight is 259 g/mol. The van der Waals surface area contributed by atoms with Crippen LogP contribution in [-0.4, -0.2) is 37.5 Å². The van der Waals surface area contributed by atoms with Crippen LogP contribution in [0.4, 0.5) is 0 Å². The van der Waals surface area contributed by atoms with E-state index >= 15 is 0 Å². The zero-order chi connectivity index (χ0) is 11.5. The third kappa shape index (κ3) is 3.01. The van der Waals surface area contributed by atoms with E-state index in [9.17, 15) is 4.79 Å². The van der Waals surface area contributed by atoms with E-state index in [1.165, 1.54) is 0 Å². The molecule has 1 amide bonds. The standard InChI is InChI=1S/C12H18N2O2.ClH/c1-9-11(4-6-16-9)12(15)14-5-3-10(8-14)7-13-2;/h4,6,10,13H,3,5,7-8H2,1-2H3;1H. The number of aryl methyl sites for hydroxylation is 1. The Morgan fingerprint density at radius 2 is 2.41 bits per heavy atom. The molecule has 1 N–H and O–H groups in total. The first kappa shape index (κ1) is 14.1. The number of halogens is 1. The Labute approximate surface area is 108 Å². The Hall–Kier alpha value is -1.00. The molecule has 4 nitrogen and oxygen atoms in total. The van der Waals surface area contributed by atoms with Crippen molar-refractivity contribution in [2.24, 2.45) is 5.92 Å². The molecule has 96 valence electrons. The van der Waals surface area contributed by atoms with Gasteiger partial charge in [0, 0.05) is 13.1 Å². The highest BCUT2D eigenvalue weighted by molar-refractivity contribution is 5.95. The average Bonchev–Trinajstić information content (AvgIpc) is 2.87. The van der Waals surface area contributed by atoms with E-state index < -0.39 is 0 Å². The van der Waals surface area contributed by atoms with Crippen LogP contribution in [0, 0.1) is 12.8 Å². The van der Waals surface area contributed by atoms with Crippen LogP contribution in [0.15, 0.2) is 16.7 Å². The molecule has 1 aromatic rings. The predicted octanol–water partition coefficient (Wildman–Crippen LogP) is 1.69. The number of likely N-dealkylation sites (tertiary alicyclic amines) is 1. The second-order valence-electron chi connectivity index (χ2n) is 4.35. The van der Waals surface area contributed by atoms with Crippen molar-refractivity contribution in [3.05, 3.63) is 23.7 Å². The second-order valence-corrected chi connectivity index (χ2v) is 4.35. The van der Waals surface area contributed by atoms with Gasteiger partial charge in [-0.15, -0.1) is 12.4 Å². The molecule has 1 aliphatic rings. The van der Waals surface area contributed by atoms with Gasteiger partial charge in [0.2, 0.25) is 0 Å². The Morgan fingerprint density at radius 1 is 1.65 bits per heavy atom. The molecule has 0 aromatic carbocycles. The summed E-state index contributed by atoms with van der Waals surface area (Å²) in [7, 11) is 1.95. The largest absolute Gasteiger partial charge is 0.469 e. The summed E-state index contributed by atoms with van der Waals surface area (Å²) in [5.41, 5.74) is 0.699. The molecular formula is C12H19ClN2O2. The maximum Gasteiger partial charge on any atom is 0.257 e. The van der Waals surface area contributed by atoms with E-state index in [4.69, 9.17) is 4.42 Å². The molecule has 0 radical (unpaired) electrons. The highest BCUT2D eigenvalue weighted by Gasteiger charge is 2.27. The molecule has 2 rings (SSSR count).